The van der Waals surface area contributed by atoms with Crippen molar-refractivity contribution in [2.45, 2.75) is 68.2 Å². The molecule has 6 heteroatoms. The third kappa shape index (κ3) is 1.80. The van der Waals surface area contributed by atoms with Crippen molar-refractivity contribution in [2.75, 3.05) is 0 Å². The summed E-state index contributed by atoms with van der Waals surface area (Å²) in [4.78, 5) is 25.5. The van der Waals surface area contributed by atoms with Crippen molar-refractivity contribution in [1.82, 2.24) is 4.90 Å². The molecule has 19 heavy (non-hydrogen) atoms. The fraction of sp³-hybridized carbons (Fsp3) is 0.846. The van der Waals surface area contributed by atoms with Gasteiger partial charge in [-0.05, 0) is 20.3 Å². The number of fused-ring (bicyclic) bond motifs is 1. The van der Waals surface area contributed by atoms with Gasteiger partial charge in [-0.1, -0.05) is 26.2 Å². The number of aliphatic carboxylic acids is 1. The Morgan fingerprint density at radius 2 is 2.11 bits per heavy atom. The predicted molar refractivity (Wildman–Crippen MR) is 74.8 cm³/mol. The molecule has 0 saturated carbocycles. The van der Waals surface area contributed by atoms with Gasteiger partial charge < -0.3 is 15.7 Å². The summed E-state index contributed by atoms with van der Waals surface area (Å²) in [6, 6.07) is -0.545. The van der Waals surface area contributed by atoms with E-state index in [2.05, 4.69) is 6.92 Å². The average Bonchev–Trinajstić information content (AvgIpc) is 2.56. The molecule has 2 aliphatic heterocycles. The van der Waals surface area contributed by atoms with Crippen LogP contribution >= 0.6 is 11.8 Å². The molecule has 1 amide bonds. The van der Waals surface area contributed by atoms with E-state index in [4.69, 9.17) is 5.73 Å². The van der Waals surface area contributed by atoms with Crippen molar-refractivity contribution in [3.63, 3.8) is 0 Å². The summed E-state index contributed by atoms with van der Waals surface area (Å²) >= 11 is 1.52. The van der Waals surface area contributed by atoms with Crippen LogP contribution in [-0.4, -0.2) is 43.6 Å². The van der Waals surface area contributed by atoms with Crippen LogP contribution < -0.4 is 5.73 Å². The molecule has 0 unspecified atom stereocenters. The molecule has 2 saturated heterocycles. The van der Waals surface area contributed by atoms with Gasteiger partial charge in [-0.3, -0.25) is 4.79 Å². The Morgan fingerprint density at radius 1 is 1.47 bits per heavy atom. The van der Waals surface area contributed by atoms with Gasteiger partial charge in [-0.15, -0.1) is 11.8 Å². The number of nitrogens with zero attached hydrogens (tertiary/aromatic N) is 1. The maximum atomic E-state index is 12.0. The van der Waals surface area contributed by atoms with E-state index in [1.54, 1.807) is 0 Å². The summed E-state index contributed by atoms with van der Waals surface area (Å²) in [6.45, 7) is 5.90. The van der Waals surface area contributed by atoms with E-state index in [1.165, 1.54) is 16.7 Å². The van der Waals surface area contributed by atoms with Gasteiger partial charge in [0.2, 0.25) is 5.91 Å². The van der Waals surface area contributed by atoms with Crippen molar-refractivity contribution >= 4 is 23.6 Å². The number of carboxylic acid groups (broad SMARTS) is 1. The molecule has 2 rings (SSSR count). The molecule has 0 aliphatic carbocycles. The maximum absolute atomic E-state index is 12.0. The number of amides is 1. The largest absolute Gasteiger partial charge is 0.479 e. The highest BCUT2D eigenvalue weighted by Crippen LogP contribution is 2.58. The van der Waals surface area contributed by atoms with E-state index >= 15 is 0 Å². The molecule has 0 aromatic heterocycles. The first-order valence-electron chi connectivity index (χ1n) is 6.79. The number of hydrogen-bond donors (Lipinski definition) is 2. The van der Waals surface area contributed by atoms with Crippen LogP contribution in [0.3, 0.4) is 0 Å². The highest BCUT2D eigenvalue weighted by molar-refractivity contribution is 8.01. The van der Waals surface area contributed by atoms with Crippen molar-refractivity contribution < 1.29 is 14.7 Å². The Kier molecular flexibility index (Phi) is 3.60. The first-order chi connectivity index (χ1) is 8.79. The SMILES string of the molecule is CCCCC[C@@]1(C(=O)O)N2C(=O)[C@@H](N)[C@H]2SC1(C)C. The van der Waals surface area contributed by atoms with Crippen molar-refractivity contribution in [3.05, 3.63) is 0 Å². The van der Waals surface area contributed by atoms with E-state index < -0.39 is 22.3 Å². The molecule has 0 aromatic rings. The number of carbonyl (C=O) groups is 2. The summed E-state index contributed by atoms with van der Waals surface area (Å²) in [7, 11) is 0. The van der Waals surface area contributed by atoms with Crippen LogP contribution in [-0.2, 0) is 9.59 Å². The minimum atomic E-state index is -1.11. The molecule has 2 aliphatic rings. The van der Waals surface area contributed by atoms with Crippen molar-refractivity contribution in [1.29, 1.82) is 0 Å². The van der Waals surface area contributed by atoms with Gasteiger partial charge in [0, 0.05) is 4.75 Å². The number of carbonyl (C=O) groups excluding carboxylic acids is 1. The summed E-state index contributed by atoms with van der Waals surface area (Å²) < 4.78 is -0.513. The van der Waals surface area contributed by atoms with Gasteiger partial charge in [0.15, 0.2) is 5.54 Å². The van der Waals surface area contributed by atoms with Gasteiger partial charge in [-0.25, -0.2) is 4.79 Å². The van der Waals surface area contributed by atoms with E-state index in [0.29, 0.717) is 6.42 Å². The zero-order valence-corrected chi connectivity index (χ0v) is 12.5. The molecule has 2 fully saturated rings. The normalized spacial score (nSPS) is 36.0. The lowest BCUT2D eigenvalue weighted by Crippen LogP contribution is -2.74. The Morgan fingerprint density at radius 3 is 2.63 bits per heavy atom. The Labute approximate surface area is 117 Å². The molecule has 0 spiro atoms. The summed E-state index contributed by atoms with van der Waals surface area (Å²) in [6.07, 6.45) is 3.33. The zero-order valence-electron chi connectivity index (χ0n) is 11.7. The number of thioether (sulfide) groups is 1. The lowest BCUT2D eigenvalue weighted by Gasteiger charge is -2.49. The van der Waals surface area contributed by atoms with Crippen LogP contribution in [0.25, 0.3) is 0 Å². The molecular formula is C13H22N2O3S. The molecule has 5 nitrogen and oxygen atoms in total. The van der Waals surface area contributed by atoms with Crippen LogP contribution in [0.5, 0.6) is 0 Å². The second-order valence-corrected chi connectivity index (χ2v) is 7.61. The number of rotatable bonds is 5. The number of unbranched alkanes of at least 4 members (excludes halogenated alkanes) is 2. The molecule has 2 heterocycles. The van der Waals surface area contributed by atoms with E-state index in [9.17, 15) is 14.7 Å². The molecule has 3 N–H and O–H groups in total. The van der Waals surface area contributed by atoms with Crippen molar-refractivity contribution in [2.24, 2.45) is 5.73 Å². The van der Waals surface area contributed by atoms with Crippen LogP contribution in [0.2, 0.25) is 0 Å². The lowest BCUT2D eigenvalue weighted by atomic mass is 9.77. The number of nitrogens with two attached hydrogens (primary N) is 1. The highest BCUT2D eigenvalue weighted by Gasteiger charge is 2.71. The fourth-order valence-electron chi connectivity index (χ4n) is 3.23. The topological polar surface area (TPSA) is 83.6 Å². The molecule has 108 valence electrons. The van der Waals surface area contributed by atoms with Gasteiger partial charge in [0.25, 0.3) is 0 Å². The fourth-order valence-corrected chi connectivity index (χ4v) is 4.97. The van der Waals surface area contributed by atoms with Gasteiger partial charge in [0.1, 0.15) is 11.4 Å². The maximum Gasteiger partial charge on any atom is 0.331 e. The third-order valence-electron chi connectivity index (χ3n) is 4.40. The van der Waals surface area contributed by atoms with Crippen molar-refractivity contribution in [3.8, 4) is 0 Å². The average molecular weight is 286 g/mol. The quantitative estimate of drug-likeness (QED) is 0.590. The number of β-lactam (4-membered cyclic amide) rings is 1. The molecule has 0 radical (unpaired) electrons. The van der Waals surface area contributed by atoms with Crippen LogP contribution in [0.1, 0.15) is 46.5 Å². The van der Waals surface area contributed by atoms with E-state index in [1.807, 2.05) is 13.8 Å². The summed E-state index contributed by atoms with van der Waals surface area (Å²) in [5, 5.41) is 9.60. The molecule has 0 aromatic carbocycles. The standard InChI is InChI=1S/C13H22N2O3S/c1-4-5-6-7-13(11(17)18)12(2,3)19-10-8(14)9(16)15(10)13/h8,10H,4-7,14H2,1-3H3,(H,17,18)/t8-,10-,13+/m1/s1. The number of carboxylic acids is 1. The Bertz CT molecular complexity index is 413. The van der Waals surface area contributed by atoms with E-state index in [0.717, 1.165) is 19.3 Å². The highest BCUT2D eigenvalue weighted by atomic mass is 32.2. The van der Waals surface area contributed by atoms with E-state index in [-0.39, 0.29) is 11.3 Å². The summed E-state index contributed by atoms with van der Waals surface area (Å²) in [5.74, 6) is -1.12. The lowest BCUT2D eigenvalue weighted by molar-refractivity contribution is -0.170. The monoisotopic (exact) mass is 286 g/mol. The molecule has 3 atom stereocenters. The smallest absolute Gasteiger partial charge is 0.331 e. The van der Waals surface area contributed by atoms with Gasteiger partial charge in [0.05, 0.1) is 0 Å². The number of hydrogen-bond acceptors (Lipinski definition) is 4. The van der Waals surface area contributed by atoms with Crippen LogP contribution in [0.4, 0.5) is 0 Å². The van der Waals surface area contributed by atoms with Gasteiger partial charge in [-0.2, -0.15) is 0 Å². The molecular weight excluding hydrogens is 264 g/mol. The van der Waals surface area contributed by atoms with Gasteiger partial charge >= 0.3 is 5.97 Å². The zero-order chi connectivity index (χ0) is 14.4. The van der Waals surface area contributed by atoms with Crippen LogP contribution in [0, 0.1) is 0 Å². The second kappa shape index (κ2) is 4.66. The predicted octanol–water partition coefficient (Wildman–Crippen LogP) is 1.41. The minimum absolute atomic E-state index is 0.180. The van der Waals surface area contributed by atoms with Crippen LogP contribution in [0.15, 0.2) is 0 Å². The minimum Gasteiger partial charge on any atom is -0.479 e. The summed E-state index contributed by atoms with van der Waals surface area (Å²) in [5.41, 5.74) is 4.69. The third-order valence-corrected chi connectivity index (χ3v) is 6.08. The molecule has 0 bridgehead atoms. The Balaban J connectivity index is 2.34. The Hall–Kier alpha value is -0.750. The second-order valence-electron chi connectivity index (χ2n) is 5.88. The first kappa shape index (κ1) is 14.7. The first-order valence-corrected chi connectivity index (χ1v) is 7.67.